The van der Waals surface area contributed by atoms with E-state index in [0.29, 0.717) is 25.3 Å². The fourth-order valence-electron chi connectivity index (χ4n) is 1.60. The molecule has 80 valence electrons. The Morgan fingerprint density at radius 1 is 1.53 bits per heavy atom. The van der Waals surface area contributed by atoms with Crippen LogP contribution in [0.5, 0.6) is 5.88 Å². The maximum Gasteiger partial charge on any atom is 0.212 e. The number of hydrogen-bond acceptors (Lipinski definition) is 4. The van der Waals surface area contributed by atoms with Gasteiger partial charge in [0, 0.05) is 25.1 Å². The molecule has 2 heterocycles. The Bertz CT molecular complexity index is 347. The van der Waals surface area contributed by atoms with E-state index in [-0.39, 0.29) is 11.9 Å². The van der Waals surface area contributed by atoms with Gasteiger partial charge in [0.25, 0.3) is 0 Å². The van der Waals surface area contributed by atoms with Crippen molar-refractivity contribution >= 4 is 5.78 Å². The van der Waals surface area contributed by atoms with Crippen molar-refractivity contribution in [2.75, 3.05) is 13.7 Å². The topological polar surface area (TPSA) is 48.4 Å². The summed E-state index contributed by atoms with van der Waals surface area (Å²) in [6.45, 7) is 0.509. The minimum atomic E-state index is -0.135. The zero-order valence-electron chi connectivity index (χ0n) is 8.60. The molecule has 0 N–H and O–H groups in total. The highest BCUT2D eigenvalue weighted by atomic mass is 16.5. The molecule has 2 rings (SSSR count). The number of methoxy groups -OCH3 is 1. The van der Waals surface area contributed by atoms with Crippen molar-refractivity contribution in [2.24, 2.45) is 0 Å². The number of nitrogens with zero attached hydrogens (tertiary/aromatic N) is 1. The highest BCUT2D eigenvalue weighted by Gasteiger charge is 2.21. The average molecular weight is 207 g/mol. The zero-order chi connectivity index (χ0) is 10.7. The van der Waals surface area contributed by atoms with E-state index in [1.165, 1.54) is 0 Å². The molecular weight excluding hydrogens is 194 g/mol. The number of carbonyl (C=O) groups excluding carboxylic acids is 1. The standard InChI is InChI=1S/C11H13NO3/c1-14-11-3-2-8(7-12-11)10-6-9(13)4-5-15-10/h2-3,7,10H,4-6H2,1H3. The van der Waals surface area contributed by atoms with Gasteiger partial charge in [-0.1, -0.05) is 0 Å². The van der Waals surface area contributed by atoms with Gasteiger partial charge in [-0.3, -0.25) is 4.79 Å². The lowest BCUT2D eigenvalue weighted by atomic mass is 10.0. The van der Waals surface area contributed by atoms with Crippen LogP contribution < -0.4 is 4.74 Å². The first-order chi connectivity index (χ1) is 7.29. The monoisotopic (exact) mass is 207 g/mol. The van der Waals surface area contributed by atoms with Gasteiger partial charge in [0.05, 0.1) is 19.8 Å². The maximum atomic E-state index is 11.2. The second-order valence-corrected chi connectivity index (χ2v) is 3.49. The van der Waals surface area contributed by atoms with Crippen LogP contribution in [0.1, 0.15) is 24.5 Å². The van der Waals surface area contributed by atoms with Crippen molar-refractivity contribution < 1.29 is 14.3 Å². The van der Waals surface area contributed by atoms with Crippen molar-refractivity contribution in [3.8, 4) is 5.88 Å². The quantitative estimate of drug-likeness (QED) is 0.737. The molecule has 0 spiro atoms. The van der Waals surface area contributed by atoms with Crippen LogP contribution in [-0.2, 0) is 9.53 Å². The van der Waals surface area contributed by atoms with Crippen molar-refractivity contribution in [1.82, 2.24) is 4.98 Å². The molecule has 4 heteroatoms. The van der Waals surface area contributed by atoms with E-state index < -0.39 is 0 Å². The van der Waals surface area contributed by atoms with Crippen molar-refractivity contribution in [3.63, 3.8) is 0 Å². The highest BCUT2D eigenvalue weighted by Crippen LogP contribution is 2.26. The summed E-state index contributed by atoms with van der Waals surface area (Å²) < 4.78 is 10.5. The fourth-order valence-corrected chi connectivity index (χ4v) is 1.60. The molecule has 0 radical (unpaired) electrons. The third kappa shape index (κ3) is 2.33. The number of ketones is 1. The predicted octanol–water partition coefficient (Wildman–Crippen LogP) is 1.51. The SMILES string of the molecule is COc1ccc(C2CC(=O)CCO2)cn1. The highest BCUT2D eigenvalue weighted by molar-refractivity contribution is 5.79. The van der Waals surface area contributed by atoms with Crippen LogP contribution in [0.15, 0.2) is 18.3 Å². The first kappa shape index (κ1) is 10.1. The van der Waals surface area contributed by atoms with Gasteiger partial charge >= 0.3 is 0 Å². The lowest BCUT2D eigenvalue weighted by Gasteiger charge is -2.21. The van der Waals surface area contributed by atoms with Gasteiger partial charge < -0.3 is 9.47 Å². The van der Waals surface area contributed by atoms with Crippen molar-refractivity contribution in [3.05, 3.63) is 23.9 Å². The Kier molecular flexibility index (Phi) is 2.97. The Balaban J connectivity index is 2.11. The van der Waals surface area contributed by atoms with Gasteiger partial charge in [-0.25, -0.2) is 4.98 Å². The molecule has 1 unspecified atom stereocenters. The van der Waals surface area contributed by atoms with Gasteiger partial charge in [0.15, 0.2) is 0 Å². The molecule has 0 amide bonds. The number of aromatic nitrogens is 1. The molecular formula is C11H13NO3. The van der Waals surface area contributed by atoms with E-state index in [1.54, 1.807) is 19.4 Å². The Morgan fingerprint density at radius 3 is 3.00 bits per heavy atom. The van der Waals surface area contributed by atoms with Crippen molar-refractivity contribution in [2.45, 2.75) is 18.9 Å². The molecule has 1 aromatic rings. The van der Waals surface area contributed by atoms with E-state index in [0.717, 1.165) is 5.56 Å². The minimum absolute atomic E-state index is 0.135. The molecule has 1 aliphatic heterocycles. The summed E-state index contributed by atoms with van der Waals surface area (Å²) >= 11 is 0. The van der Waals surface area contributed by atoms with Gasteiger partial charge in [-0.05, 0) is 11.6 Å². The Morgan fingerprint density at radius 2 is 2.40 bits per heavy atom. The third-order valence-corrected chi connectivity index (χ3v) is 2.45. The number of pyridine rings is 1. The maximum absolute atomic E-state index is 11.2. The van der Waals surface area contributed by atoms with Crippen LogP contribution in [0, 0.1) is 0 Å². The van der Waals surface area contributed by atoms with E-state index >= 15 is 0 Å². The predicted molar refractivity (Wildman–Crippen MR) is 53.7 cm³/mol. The second kappa shape index (κ2) is 4.40. The molecule has 0 aromatic carbocycles. The first-order valence-electron chi connectivity index (χ1n) is 4.93. The van der Waals surface area contributed by atoms with Crippen LogP contribution >= 0.6 is 0 Å². The molecule has 1 aromatic heterocycles. The molecule has 1 fully saturated rings. The number of ether oxygens (including phenoxy) is 2. The van der Waals surface area contributed by atoms with Crippen LogP contribution in [0.2, 0.25) is 0 Å². The lowest BCUT2D eigenvalue weighted by Crippen LogP contribution is -2.19. The first-order valence-corrected chi connectivity index (χ1v) is 4.93. The van der Waals surface area contributed by atoms with E-state index in [1.807, 2.05) is 6.07 Å². The smallest absolute Gasteiger partial charge is 0.212 e. The summed E-state index contributed by atoms with van der Waals surface area (Å²) in [5.41, 5.74) is 0.934. The third-order valence-electron chi connectivity index (χ3n) is 2.45. The van der Waals surface area contributed by atoms with Crippen LogP contribution in [-0.4, -0.2) is 24.5 Å². The normalized spacial score (nSPS) is 21.4. The van der Waals surface area contributed by atoms with Crippen LogP contribution in [0.3, 0.4) is 0 Å². The van der Waals surface area contributed by atoms with Gasteiger partial charge in [-0.15, -0.1) is 0 Å². The summed E-state index contributed by atoms with van der Waals surface area (Å²) in [5.74, 6) is 0.822. The zero-order valence-corrected chi connectivity index (χ0v) is 8.60. The number of carbonyl (C=O) groups is 1. The van der Waals surface area contributed by atoms with Gasteiger partial charge in [0.1, 0.15) is 5.78 Å². The lowest BCUT2D eigenvalue weighted by molar-refractivity contribution is -0.128. The molecule has 1 atom stereocenters. The summed E-state index contributed by atoms with van der Waals surface area (Å²) in [6, 6.07) is 3.66. The Labute approximate surface area is 88.2 Å². The molecule has 4 nitrogen and oxygen atoms in total. The van der Waals surface area contributed by atoms with Gasteiger partial charge in [0.2, 0.25) is 5.88 Å². The summed E-state index contributed by atoms with van der Waals surface area (Å²) in [6.07, 6.45) is 2.54. The van der Waals surface area contributed by atoms with Gasteiger partial charge in [-0.2, -0.15) is 0 Å². The molecule has 1 aliphatic rings. The second-order valence-electron chi connectivity index (χ2n) is 3.49. The molecule has 15 heavy (non-hydrogen) atoms. The molecule has 0 bridgehead atoms. The van der Waals surface area contributed by atoms with E-state index in [2.05, 4.69) is 4.98 Å². The van der Waals surface area contributed by atoms with Crippen LogP contribution in [0.4, 0.5) is 0 Å². The average Bonchev–Trinajstić information content (AvgIpc) is 2.29. The molecule has 0 saturated carbocycles. The molecule has 0 aliphatic carbocycles. The fraction of sp³-hybridized carbons (Fsp3) is 0.455. The Hall–Kier alpha value is -1.42. The molecule has 1 saturated heterocycles. The largest absolute Gasteiger partial charge is 0.481 e. The number of hydrogen-bond donors (Lipinski definition) is 0. The number of rotatable bonds is 2. The van der Waals surface area contributed by atoms with E-state index in [9.17, 15) is 4.79 Å². The summed E-state index contributed by atoms with van der Waals surface area (Å²) in [5, 5.41) is 0. The van der Waals surface area contributed by atoms with E-state index in [4.69, 9.17) is 9.47 Å². The summed E-state index contributed by atoms with van der Waals surface area (Å²) in [7, 11) is 1.57. The van der Waals surface area contributed by atoms with Crippen LogP contribution in [0.25, 0.3) is 0 Å². The summed E-state index contributed by atoms with van der Waals surface area (Å²) in [4.78, 5) is 15.3. The number of Topliss-reactive ketones (excluding diaryl/α,β-unsaturated/α-hetero) is 1. The van der Waals surface area contributed by atoms with Crippen molar-refractivity contribution in [1.29, 1.82) is 0 Å². The minimum Gasteiger partial charge on any atom is -0.481 e.